The Morgan fingerprint density at radius 1 is 1.42 bits per heavy atom. The molecule has 19 heavy (non-hydrogen) atoms. The molecule has 0 spiro atoms. The Morgan fingerprint density at radius 3 is 2.63 bits per heavy atom. The Kier molecular flexibility index (Phi) is 4.19. The first kappa shape index (κ1) is 14.0. The molecule has 0 aliphatic heterocycles. The van der Waals surface area contributed by atoms with Gasteiger partial charge in [-0.05, 0) is 18.8 Å². The molecule has 104 valence electrons. The zero-order chi connectivity index (χ0) is 14.0. The molecular formula is C13H19N3O2S. The molecule has 0 radical (unpaired) electrons. The van der Waals surface area contributed by atoms with Crippen LogP contribution in [-0.2, 0) is 9.59 Å². The molecule has 2 rings (SSSR count). The molecule has 2 N–H and O–H groups in total. The quantitative estimate of drug-likeness (QED) is 0.868. The molecule has 1 atom stereocenters. The Bertz CT molecular complexity index is 480. The molecule has 1 aromatic rings. The summed E-state index contributed by atoms with van der Waals surface area (Å²) < 4.78 is 0. The summed E-state index contributed by atoms with van der Waals surface area (Å²) in [5.74, 6) is 0.207. The summed E-state index contributed by atoms with van der Waals surface area (Å²) in [5, 5.41) is 8.06. The number of aromatic nitrogens is 1. The summed E-state index contributed by atoms with van der Waals surface area (Å²) in [7, 11) is 0. The number of carbonyl (C=O) groups is 2. The van der Waals surface area contributed by atoms with E-state index in [0.717, 1.165) is 5.69 Å². The van der Waals surface area contributed by atoms with E-state index >= 15 is 0 Å². The minimum atomic E-state index is -0.522. The van der Waals surface area contributed by atoms with E-state index < -0.39 is 6.04 Å². The highest BCUT2D eigenvalue weighted by Crippen LogP contribution is 2.40. The van der Waals surface area contributed by atoms with Crippen LogP contribution in [-0.4, -0.2) is 22.8 Å². The molecule has 0 unspecified atom stereocenters. The molecule has 1 aliphatic carbocycles. The van der Waals surface area contributed by atoms with E-state index in [1.807, 2.05) is 19.2 Å². The lowest BCUT2D eigenvalue weighted by atomic mass is 10.0. The Hall–Kier alpha value is -1.43. The molecule has 0 bridgehead atoms. The first-order valence-electron chi connectivity index (χ1n) is 6.50. The molecule has 1 saturated carbocycles. The van der Waals surface area contributed by atoms with Gasteiger partial charge in [0.05, 0.1) is 5.69 Å². The summed E-state index contributed by atoms with van der Waals surface area (Å²) >= 11 is 1.44. The number of nitrogens with one attached hydrogen (secondary N) is 2. The standard InChI is InChI=1S/C13H19N3O2S/c1-7(2)11(14-8(3)17)12(18)16-13-15-10(6-19-13)9-4-5-9/h6-7,9,11H,4-5H2,1-3H3,(H,14,17)(H,15,16,18)/t11-/m1/s1. The van der Waals surface area contributed by atoms with Gasteiger partial charge in [-0.15, -0.1) is 11.3 Å². The second-order valence-corrected chi connectivity index (χ2v) is 6.12. The first-order chi connectivity index (χ1) is 8.97. The number of thiazole rings is 1. The third kappa shape index (κ3) is 3.76. The molecule has 0 aromatic carbocycles. The molecule has 1 aliphatic rings. The number of amides is 2. The van der Waals surface area contributed by atoms with E-state index in [1.54, 1.807) is 0 Å². The van der Waals surface area contributed by atoms with E-state index in [9.17, 15) is 9.59 Å². The predicted octanol–water partition coefficient (Wildman–Crippen LogP) is 2.12. The number of rotatable bonds is 5. The van der Waals surface area contributed by atoms with Crippen molar-refractivity contribution < 1.29 is 9.59 Å². The highest BCUT2D eigenvalue weighted by atomic mass is 32.1. The van der Waals surface area contributed by atoms with Crippen LogP contribution in [0.4, 0.5) is 5.13 Å². The molecule has 6 heteroatoms. The number of anilines is 1. The van der Waals surface area contributed by atoms with Crippen LogP contribution in [0.25, 0.3) is 0 Å². The normalized spacial score (nSPS) is 16.2. The van der Waals surface area contributed by atoms with Crippen LogP contribution < -0.4 is 10.6 Å². The average Bonchev–Trinajstić information content (AvgIpc) is 3.07. The summed E-state index contributed by atoms with van der Waals surface area (Å²) in [5.41, 5.74) is 1.07. The van der Waals surface area contributed by atoms with Gasteiger partial charge in [0.1, 0.15) is 6.04 Å². The van der Waals surface area contributed by atoms with Crippen LogP contribution in [0.5, 0.6) is 0 Å². The molecule has 5 nitrogen and oxygen atoms in total. The highest BCUT2D eigenvalue weighted by molar-refractivity contribution is 7.13. The van der Waals surface area contributed by atoms with E-state index in [0.29, 0.717) is 11.0 Å². The number of carbonyl (C=O) groups excluding carboxylic acids is 2. The predicted molar refractivity (Wildman–Crippen MR) is 75.2 cm³/mol. The van der Waals surface area contributed by atoms with Crippen LogP contribution in [0.1, 0.15) is 45.2 Å². The molecule has 1 fully saturated rings. The minimum absolute atomic E-state index is 0.0340. The van der Waals surface area contributed by atoms with Gasteiger partial charge < -0.3 is 10.6 Å². The highest BCUT2D eigenvalue weighted by Gasteiger charge is 2.27. The maximum Gasteiger partial charge on any atom is 0.248 e. The van der Waals surface area contributed by atoms with Gasteiger partial charge in [0.25, 0.3) is 0 Å². The van der Waals surface area contributed by atoms with Gasteiger partial charge in [-0.3, -0.25) is 9.59 Å². The van der Waals surface area contributed by atoms with E-state index in [2.05, 4.69) is 15.6 Å². The van der Waals surface area contributed by atoms with Crippen molar-refractivity contribution in [3.05, 3.63) is 11.1 Å². The molecule has 2 amide bonds. The summed E-state index contributed by atoms with van der Waals surface area (Å²) in [6, 6.07) is -0.522. The van der Waals surface area contributed by atoms with Gasteiger partial charge in [0.15, 0.2) is 5.13 Å². The third-order valence-electron chi connectivity index (χ3n) is 3.06. The second-order valence-electron chi connectivity index (χ2n) is 5.26. The molecular weight excluding hydrogens is 262 g/mol. The second kappa shape index (κ2) is 5.69. The monoisotopic (exact) mass is 281 g/mol. The summed E-state index contributed by atoms with van der Waals surface area (Å²) in [6.07, 6.45) is 2.38. The van der Waals surface area contributed by atoms with Crippen molar-refractivity contribution in [2.75, 3.05) is 5.32 Å². The van der Waals surface area contributed by atoms with Crippen molar-refractivity contribution in [3.63, 3.8) is 0 Å². The Labute approximate surface area is 116 Å². The fourth-order valence-electron chi connectivity index (χ4n) is 1.85. The van der Waals surface area contributed by atoms with Crippen LogP contribution in [0, 0.1) is 5.92 Å². The topological polar surface area (TPSA) is 71.1 Å². The van der Waals surface area contributed by atoms with Crippen molar-refractivity contribution >= 4 is 28.3 Å². The van der Waals surface area contributed by atoms with Crippen LogP contribution in [0.3, 0.4) is 0 Å². The zero-order valence-electron chi connectivity index (χ0n) is 11.4. The maximum atomic E-state index is 12.1. The molecule has 0 saturated heterocycles. The van der Waals surface area contributed by atoms with Crippen molar-refractivity contribution in [2.45, 2.75) is 45.6 Å². The zero-order valence-corrected chi connectivity index (χ0v) is 12.2. The van der Waals surface area contributed by atoms with E-state index in [-0.39, 0.29) is 17.7 Å². The number of nitrogens with zero attached hydrogens (tertiary/aromatic N) is 1. The van der Waals surface area contributed by atoms with Gasteiger partial charge in [0, 0.05) is 18.2 Å². The molecule has 1 aromatic heterocycles. The van der Waals surface area contributed by atoms with Crippen LogP contribution in [0.2, 0.25) is 0 Å². The van der Waals surface area contributed by atoms with Crippen molar-refractivity contribution in [1.29, 1.82) is 0 Å². The number of hydrogen-bond donors (Lipinski definition) is 2. The van der Waals surface area contributed by atoms with E-state index in [4.69, 9.17) is 0 Å². The fraction of sp³-hybridized carbons (Fsp3) is 0.615. The van der Waals surface area contributed by atoms with Gasteiger partial charge in [-0.2, -0.15) is 0 Å². The third-order valence-corrected chi connectivity index (χ3v) is 3.83. The minimum Gasteiger partial charge on any atom is -0.344 e. The van der Waals surface area contributed by atoms with Gasteiger partial charge in [-0.25, -0.2) is 4.98 Å². The lowest BCUT2D eigenvalue weighted by Crippen LogP contribution is -2.46. The largest absolute Gasteiger partial charge is 0.344 e. The fourth-order valence-corrected chi connectivity index (χ4v) is 2.64. The lowest BCUT2D eigenvalue weighted by Gasteiger charge is -2.20. The van der Waals surface area contributed by atoms with Crippen LogP contribution >= 0.6 is 11.3 Å². The van der Waals surface area contributed by atoms with E-state index in [1.165, 1.54) is 31.1 Å². The number of hydrogen-bond acceptors (Lipinski definition) is 4. The van der Waals surface area contributed by atoms with Crippen molar-refractivity contribution in [2.24, 2.45) is 5.92 Å². The van der Waals surface area contributed by atoms with Gasteiger partial charge >= 0.3 is 0 Å². The Morgan fingerprint density at radius 2 is 2.11 bits per heavy atom. The van der Waals surface area contributed by atoms with Crippen molar-refractivity contribution in [3.8, 4) is 0 Å². The Balaban J connectivity index is 1.98. The van der Waals surface area contributed by atoms with Gasteiger partial charge in [-0.1, -0.05) is 13.8 Å². The maximum absolute atomic E-state index is 12.1. The first-order valence-corrected chi connectivity index (χ1v) is 7.38. The molecule has 1 heterocycles. The lowest BCUT2D eigenvalue weighted by molar-refractivity contribution is -0.126. The smallest absolute Gasteiger partial charge is 0.248 e. The summed E-state index contributed by atoms with van der Waals surface area (Å²) in [6.45, 7) is 5.21. The van der Waals surface area contributed by atoms with Gasteiger partial charge in [0.2, 0.25) is 11.8 Å². The SMILES string of the molecule is CC(=O)N[C@@H](C(=O)Nc1nc(C2CC2)cs1)C(C)C. The average molecular weight is 281 g/mol. The summed E-state index contributed by atoms with van der Waals surface area (Å²) in [4.78, 5) is 27.6. The van der Waals surface area contributed by atoms with Crippen LogP contribution in [0.15, 0.2) is 5.38 Å². The van der Waals surface area contributed by atoms with Crippen molar-refractivity contribution in [1.82, 2.24) is 10.3 Å².